The average Bonchev–Trinajstić information content (AvgIpc) is 2.49. The normalized spacial score (nSPS) is 15.0. The van der Waals surface area contributed by atoms with Crippen LogP contribution in [0.2, 0.25) is 0 Å². The van der Waals surface area contributed by atoms with Crippen molar-refractivity contribution in [2.75, 3.05) is 31.1 Å². The monoisotopic (exact) mass is 263 g/mol. The predicted molar refractivity (Wildman–Crippen MR) is 79.2 cm³/mol. The number of anilines is 1. The Labute approximate surface area is 116 Å². The number of rotatable bonds is 2. The van der Waals surface area contributed by atoms with Gasteiger partial charge in [-0.05, 0) is 12.1 Å². The maximum Gasteiger partial charge on any atom is 0.225 e. The van der Waals surface area contributed by atoms with Crippen molar-refractivity contribution >= 4 is 11.7 Å². The SMILES string of the molecule is CC.CC(C)C(=O)N1CCN(c2ccccn2)CC1. The molecule has 0 radical (unpaired) electrons. The van der Waals surface area contributed by atoms with Gasteiger partial charge in [0.25, 0.3) is 0 Å². The van der Waals surface area contributed by atoms with Crippen molar-refractivity contribution in [3.05, 3.63) is 24.4 Å². The second-order valence-corrected chi connectivity index (χ2v) is 4.65. The molecule has 1 saturated heterocycles. The van der Waals surface area contributed by atoms with Gasteiger partial charge in [0.1, 0.15) is 5.82 Å². The molecule has 1 aliphatic rings. The van der Waals surface area contributed by atoms with Crippen LogP contribution in [0.3, 0.4) is 0 Å². The third kappa shape index (κ3) is 4.23. The van der Waals surface area contributed by atoms with E-state index in [1.807, 2.05) is 50.8 Å². The number of carbonyl (C=O) groups is 1. The Balaban J connectivity index is 0.000000861. The van der Waals surface area contributed by atoms with Crippen LogP contribution in [0.15, 0.2) is 24.4 Å². The standard InChI is InChI=1S/C13H19N3O.C2H6/c1-11(2)13(17)16-9-7-15(8-10-16)12-5-3-4-6-14-12;1-2/h3-6,11H,7-10H2,1-2H3;1-2H3. The Bertz CT molecular complexity index is 370. The van der Waals surface area contributed by atoms with Crippen molar-refractivity contribution in [1.82, 2.24) is 9.88 Å². The Hall–Kier alpha value is -1.58. The van der Waals surface area contributed by atoms with Gasteiger partial charge in [-0.25, -0.2) is 4.98 Å². The maximum absolute atomic E-state index is 11.8. The van der Waals surface area contributed by atoms with Gasteiger partial charge in [-0.2, -0.15) is 0 Å². The van der Waals surface area contributed by atoms with Crippen molar-refractivity contribution in [2.45, 2.75) is 27.7 Å². The van der Waals surface area contributed by atoms with Crippen LogP contribution in [0.5, 0.6) is 0 Å². The largest absolute Gasteiger partial charge is 0.353 e. The highest BCUT2D eigenvalue weighted by Gasteiger charge is 2.23. The van der Waals surface area contributed by atoms with Crippen LogP contribution in [-0.2, 0) is 4.79 Å². The van der Waals surface area contributed by atoms with Crippen LogP contribution >= 0.6 is 0 Å². The number of hydrogen-bond donors (Lipinski definition) is 0. The van der Waals surface area contributed by atoms with Gasteiger partial charge < -0.3 is 9.80 Å². The fourth-order valence-corrected chi connectivity index (χ4v) is 2.06. The molecule has 2 rings (SSSR count). The molecule has 0 N–H and O–H groups in total. The molecule has 0 saturated carbocycles. The Kier molecular flexibility index (Phi) is 6.33. The summed E-state index contributed by atoms with van der Waals surface area (Å²) in [5.41, 5.74) is 0. The molecule has 0 unspecified atom stereocenters. The van der Waals surface area contributed by atoms with Crippen LogP contribution in [0, 0.1) is 5.92 Å². The lowest BCUT2D eigenvalue weighted by atomic mass is 10.1. The Morgan fingerprint density at radius 2 is 1.79 bits per heavy atom. The van der Waals surface area contributed by atoms with Crippen LogP contribution in [0.4, 0.5) is 5.82 Å². The Morgan fingerprint density at radius 3 is 2.26 bits per heavy atom. The average molecular weight is 263 g/mol. The van der Waals surface area contributed by atoms with Gasteiger partial charge in [-0.1, -0.05) is 33.8 Å². The van der Waals surface area contributed by atoms with Crippen molar-refractivity contribution < 1.29 is 4.79 Å². The molecule has 1 aliphatic heterocycles. The highest BCUT2D eigenvalue weighted by atomic mass is 16.2. The summed E-state index contributed by atoms with van der Waals surface area (Å²) in [7, 11) is 0. The predicted octanol–water partition coefficient (Wildman–Crippen LogP) is 2.41. The quantitative estimate of drug-likeness (QED) is 0.822. The first-order valence-corrected chi connectivity index (χ1v) is 7.13. The lowest BCUT2D eigenvalue weighted by Gasteiger charge is -2.36. The van der Waals surface area contributed by atoms with E-state index in [9.17, 15) is 4.79 Å². The smallest absolute Gasteiger partial charge is 0.225 e. The topological polar surface area (TPSA) is 36.4 Å². The zero-order valence-corrected chi connectivity index (χ0v) is 12.5. The number of pyridine rings is 1. The summed E-state index contributed by atoms with van der Waals surface area (Å²) >= 11 is 0. The van der Waals surface area contributed by atoms with Gasteiger partial charge in [-0.3, -0.25) is 4.79 Å². The second-order valence-electron chi connectivity index (χ2n) is 4.65. The van der Waals surface area contributed by atoms with E-state index in [1.54, 1.807) is 6.20 Å². The summed E-state index contributed by atoms with van der Waals surface area (Å²) in [6.07, 6.45) is 1.81. The summed E-state index contributed by atoms with van der Waals surface area (Å²) in [5.74, 6) is 1.35. The van der Waals surface area contributed by atoms with E-state index in [2.05, 4.69) is 9.88 Å². The van der Waals surface area contributed by atoms with E-state index in [4.69, 9.17) is 0 Å². The molecule has 2 heterocycles. The van der Waals surface area contributed by atoms with Crippen molar-refractivity contribution in [3.63, 3.8) is 0 Å². The minimum absolute atomic E-state index is 0.0939. The molecule has 0 atom stereocenters. The van der Waals surface area contributed by atoms with Gasteiger partial charge in [0.15, 0.2) is 0 Å². The molecule has 0 aliphatic carbocycles. The fraction of sp³-hybridized carbons (Fsp3) is 0.600. The highest BCUT2D eigenvalue weighted by molar-refractivity contribution is 5.78. The number of nitrogens with zero attached hydrogens (tertiary/aromatic N) is 3. The first kappa shape index (κ1) is 15.5. The van der Waals surface area contributed by atoms with Gasteiger partial charge >= 0.3 is 0 Å². The summed E-state index contributed by atoms with van der Waals surface area (Å²) in [6, 6.07) is 5.93. The molecule has 1 amide bonds. The summed E-state index contributed by atoms with van der Waals surface area (Å²) < 4.78 is 0. The van der Waals surface area contributed by atoms with Crippen molar-refractivity contribution in [3.8, 4) is 0 Å². The molecule has 4 nitrogen and oxygen atoms in total. The van der Waals surface area contributed by atoms with E-state index in [0.717, 1.165) is 32.0 Å². The minimum Gasteiger partial charge on any atom is -0.353 e. The molecule has 1 fully saturated rings. The van der Waals surface area contributed by atoms with Crippen molar-refractivity contribution in [2.24, 2.45) is 5.92 Å². The van der Waals surface area contributed by atoms with Gasteiger partial charge in [0, 0.05) is 38.3 Å². The van der Waals surface area contributed by atoms with E-state index >= 15 is 0 Å². The fourth-order valence-electron chi connectivity index (χ4n) is 2.06. The van der Waals surface area contributed by atoms with E-state index < -0.39 is 0 Å². The second kappa shape index (κ2) is 7.77. The first-order valence-electron chi connectivity index (χ1n) is 7.13. The van der Waals surface area contributed by atoms with Crippen LogP contribution < -0.4 is 4.90 Å². The summed E-state index contributed by atoms with van der Waals surface area (Å²) in [6.45, 7) is 11.2. The highest BCUT2D eigenvalue weighted by Crippen LogP contribution is 2.13. The van der Waals surface area contributed by atoms with Gasteiger partial charge in [0.2, 0.25) is 5.91 Å². The van der Waals surface area contributed by atoms with Crippen LogP contribution in [0.25, 0.3) is 0 Å². The summed E-state index contributed by atoms with van der Waals surface area (Å²) in [5, 5.41) is 0. The van der Waals surface area contributed by atoms with Crippen LogP contribution in [0.1, 0.15) is 27.7 Å². The molecule has 0 aromatic carbocycles. The molecule has 1 aromatic heterocycles. The molecular weight excluding hydrogens is 238 g/mol. The zero-order valence-electron chi connectivity index (χ0n) is 12.5. The number of aromatic nitrogens is 1. The molecule has 106 valence electrons. The van der Waals surface area contributed by atoms with Gasteiger partial charge in [-0.15, -0.1) is 0 Å². The maximum atomic E-state index is 11.8. The summed E-state index contributed by atoms with van der Waals surface area (Å²) in [4.78, 5) is 20.3. The molecule has 4 heteroatoms. The van der Waals surface area contributed by atoms with E-state index in [0.29, 0.717) is 0 Å². The molecule has 0 bridgehead atoms. The van der Waals surface area contributed by atoms with Crippen LogP contribution in [-0.4, -0.2) is 42.0 Å². The molecule has 0 spiro atoms. The van der Waals surface area contributed by atoms with E-state index in [-0.39, 0.29) is 11.8 Å². The Morgan fingerprint density at radius 1 is 1.16 bits per heavy atom. The van der Waals surface area contributed by atoms with E-state index in [1.165, 1.54) is 0 Å². The first-order chi connectivity index (χ1) is 9.18. The third-order valence-corrected chi connectivity index (χ3v) is 3.06. The molecular formula is C15H25N3O. The molecule has 1 aromatic rings. The zero-order chi connectivity index (χ0) is 14.3. The minimum atomic E-state index is 0.0939. The molecule has 19 heavy (non-hydrogen) atoms. The van der Waals surface area contributed by atoms with Crippen molar-refractivity contribution in [1.29, 1.82) is 0 Å². The third-order valence-electron chi connectivity index (χ3n) is 3.06. The number of amides is 1. The lowest BCUT2D eigenvalue weighted by Crippen LogP contribution is -2.50. The number of carbonyl (C=O) groups excluding carboxylic acids is 1. The number of piperazine rings is 1. The lowest BCUT2D eigenvalue weighted by molar-refractivity contribution is -0.134. The number of hydrogen-bond acceptors (Lipinski definition) is 3. The van der Waals surface area contributed by atoms with Gasteiger partial charge in [0.05, 0.1) is 0 Å².